The first-order valence-corrected chi connectivity index (χ1v) is 6.47. The van der Waals surface area contributed by atoms with Gasteiger partial charge in [-0.05, 0) is 40.5 Å². The Morgan fingerprint density at radius 2 is 2.07 bits per heavy atom. The summed E-state index contributed by atoms with van der Waals surface area (Å²) in [6.07, 6.45) is -0.449. The molecular formula is C11H15BrO2S. The van der Waals surface area contributed by atoms with E-state index in [4.69, 9.17) is 5.11 Å². The standard InChI is InChI=1S/C11H15BrO2S/c1-7(6-13)15-11-4-3-9(8(2)14)5-10(11)12/h3-5,7-8,13-14H,6H2,1-2H3. The third-order valence-corrected chi connectivity index (χ3v) is 4.10. The topological polar surface area (TPSA) is 40.5 Å². The van der Waals surface area contributed by atoms with Crippen molar-refractivity contribution in [1.29, 1.82) is 0 Å². The number of halogens is 1. The van der Waals surface area contributed by atoms with E-state index in [0.717, 1.165) is 14.9 Å². The molecule has 0 aromatic heterocycles. The highest BCUT2D eigenvalue weighted by atomic mass is 79.9. The molecule has 0 fully saturated rings. The van der Waals surface area contributed by atoms with Crippen LogP contribution in [0, 0.1) is 0 Å². The SMILES string of the molecule is CC(CO)Sc1ccc(C(C)O)cc1Br. The quantitative estimate of drug-likeness (QED) is 0.838. The average molecular weight is 291 g/mol. The summed E-state index contributed by atoms with van der Waals surface area (Å²) in [5.41, 5.74) is 0.892. The minimum atomic E-state index is -0.449. The fourth-order valence-electron chi connectivity index (χ4n) is 1.13. The van der Waals surface area contributed by atoms with Gasteiger partial charge in [0.1, 0.15) is 0 Å². The maximum absolute atomic E-state index is 9.40. The molecule has 4 heteroatoms. The molecule has 1 aromatic carbocycles. The number of hydrogen-bond acceptors (Lipinski definition) is 3. The van der Waals surface area contributed by atoms with E-state index >= 15 is 0 Å². The minimum Gasteiger partial charge on any atom is -0.395 e. The Bertz CT molecular complexity index is 328. The predicted molar refractivity (Wildman–Crippen MR) is 67.2 cm³/mol. The Hall–Kier alpha value is -0.0300. The molecule has 0 spiro atoms. The van der Waals surface area contributed by atoms with Gasteiger partial charge in [0.05, 0.1) is 12.7 Å². The van der Waals surface area contributed by atoms with Crippen molar-refractivity contribution in [3.63, 3.8) is 0 Å². The maximum Gasteiger partial charge on any atom is 0.0762 e. The number of aliphatic hydroxyl groups is 2. The van der Waals surface area contributed by atoms with E-state index < -0.39 is 6.10 Å². The first-order valence-electron chi connectivity index (χ1n) is 4.79. The summed E-state index contributed by atoms with van der Waals surface area (Å²) in [6, 6.07) is 5.78. The van der Waals surface area contributed by atoms with Crippen molar-refractivity contribution < 1.29 is 10.2 Å². The van der Waals surface area contributed by atoms with Crippen LogP contribution in [0.2, 0.25) is 0 Å². The summed E-state index contributed by atoms with van der Waals surface area (Å²) in [7, 11) is 0. The lowest BCUT2D eigenvalue weighted by molar-refractivity contribution is 0.199. The number of rotatable bonds is 4. The summed E-state index contributed by atoms with van der Waals surface area (Å²) in [5.74, 6) is 0. The Morgan fingerprint density at radius 1 is 1.40 bits per heavy atom. The van der Waals surface area contributed by atoms with Crippen molar-refractivity contribution in [2.45, 2.75) is 30.1 Å². The van der Waals surface area contributed by atoms with Crippen molar-refractivity contribution in [2.75, 3.05) is 6.61 Å². The molecule has 0 heterocycles. The lowest BCUT2D eigenvalue weighted by atomic mass is 10.1. The molecule has 2 unspecified atom stereocenters. The van der Waals surface area contributed by atoms with Crippen LogP contribution >= 0.6 is 27.7 Å². The molecule has 0 aliphatic carbocycles. The third kappa shape index (κ3) is 3.79. The Labute approximate surface area is 103 Å². The normalized spacial score (nSPS) is 15.0. The van der Waals surface area contributed by atoms with Crippen LogP contribution in [0.3, 0.4) is 0 Å². The first kappa shape index (κ1) is 13.0. The Balaban J connectivity index is 2.83. The molecule has 15 heavy (non-hydrogen) atoms. The highest BCUT2D eigenvalue weighted by molar-refractivity contribution is 9.10. The summed E-state index contributed by atoms with van der Waals surface area (Å²) in [4.78, 5) is 1.08. The van der Waals surface area contributed by atoms with Gasteiger partial charge in [0.2, 0.25) is 0 Å². The zero-order valence-corrected chi connectivity index (χ0v) is 11.2. The van der Waals surface area contributed by atoms with E-state index in [1.165, 1.54) is 0 Å². The van der Waals surface area contributed by atoms with Crippen molar-refractivity contribution in [1.82, 2.24) is 0 Å². The molecule has 0 amide bonds. The first-order chi connectivity index (χ1) is 7.04. The summed E-state index contributed by atoms with van der Waals surface area (Å²) in [5, 5.41) is 18.5. The molecule has 1 aromatic rings. The fourth-order valence-corrected chi connectivity index (χ4v) is 2.63. The molecule has 0 radical (unpaired) electrons. The van der Waals surface area contributed by atoms with Gasteiger partial charge in [0.25, 0.3) is 0 Å². The second-order valence-corrected chi connectivity index (χ2v) is 5.81. The van der Waals surface area contributed by atoms with E-state index in [9.17, 15) is 5.11 Å². The Kier molecular flexibility index (Phi) is 5.12. The molecule has 0 saturated heterocycles. The van der Waals surface area contributed by atoms with E-state index in [0.29, 0.717) is 0 Å². The molecule has 0 aliphatic rings. The lowest BCUT2D eigenvalue weighted by Gasteiger charge is -2.11. The van der Waals surface area contributed by atoms with E-state index in [2.05, 4.69) is 15.9 Å². The molecule has 2 N–H and O–H groups in total. The smallest absolute Gasteiger partial charge is 0.0762 e. The van der Waals surface area contributed by atoms with Crippen LogP contribution in [0.1, 0.15) is 25.5 Å². The van der Waals surface area contributed by atoms with Gasteiger partial charge in [-0.2, -0.15) is 0 Å². The summed E-state index contributed by atoms with van der Waals surface area (Å²) >= 11 is 5.07. The van der Waals surface area contributed by atoms with Gasteiger partial charge >= 0.3 is 0 Å². The van der Waals surface area contributed by atoms with Crippen molar-refractivity contribution >= 4 is 27.7 Å². The van der Waals surface area contributed by atoms with Gasteiger partial charge in [0, 0.05) is 14.6 Å². The Morgan fingerprint density at radius 3 is 2.53 bits per heavy atom. The highest BCUT2D eigenvalue weighted by Gasteiger charge is 2.08. The molecule has 1 rings (SSSR count). The maximum atomic E-state index is 9.40. The average Bonchev–Trinajstić information content (AvgIpc) is 2.20. The largest absolute Gasteiger partial charge is 0.395 e. The summed E-state index contributed by atoms with van der Waals surface area (Å²) < 4.78 is 0.964. The molecular weight excluding hydrogens is 276 g/mol. The van der Waals surface area contributed by atoms with Crippen molar-refractivity contribution in [3.05, 3.63) is 28.2 Å². The monoisotopic (exact) mass is 290 g/mol. The fraction of sp³-hybridized carbons (Fsp3) is 0.455. The zero-order valence-electron chi connectivity index (χ0n) is 8.77. The summed E-state index contributed by atoms with van der Waals surface area (Å²) in [6.45, 7) is 3.87. The number of hydrogen-bond donors (Lipinski definition) is 2. The van der Waals surface area contributed by atoms with Crippen LogP contribution in [0.5, 0.6) is 0 Å². The number of benzene rings is 1. The third-order valence-electron chi connectivity index (χ3n) is 2.02. The van der Waals surface area contributed by atoms with E-state index in [-0.39, 0.29) is 11.9 Å². The second kappa shape index (κ2) is 5.89. The van der Waals surface area contributed by atoms with Crippen molar-refractivity contribution in [2.24, 2.45) is 0 Å². The predicted octanol–water partition coefficient (Wildman–Crippen LogP) is 2.98. The molecule has 2 nitrogen and oxygen atoms in total. The van der Waals surface area contributed by atoms with Gasteiger partial charge < -0.3 is 10.2 Å². The number of aliphatic hydroxyl groups excluding tert-OH is 2. The number of thioether (sulfide) groups is 1. The highest BCUT2D eigenvalue weighted by Crippen LogP contribution is 2.32. The van der Waals surface area contributed by atoms with E-state index in [1.807, 2.05) is 25.1 Å². The van der Waals surface area contributed by atoms with Gasteiger partial charge in [-0.3, -0.25) is 0 Å². The molecule has 0 saturated carbocycles. The van der Waals surface area contributed by atoms with Crippen LogP contribution in [0.15, 0.2) is 27.6 Å². The van der Waals surface area contributed by atoms with Crippen LogP contribution in [0.4, 0.5) is 0 Å². The van der Waals surface area contributed by atoms with Crippen LogP contribution in [0.25, 0.3) is 0 Å². The van der Waals surface area contributed by atoms with Gasteiger partial charge in [-0.1, -0.05) is 13.0 Å². The van der Waals surface area contributed by atoms with Gasteiger partial charge in [-0.25, -0.2) is 0 Å². The van der Waals surface area contributed by atoms with Gasteiger partial charge in [0.15, 0.2) is 0 Å². The van der Waals surface area contributed by atoms with Crippen molar-refractivity contribution in [3.8, 4) is 0 Å². The van der Waals surface area contributed by atoms with Crippen LogP contribution < -0.4 is 0 Å². The molecule has 2 atom stereocenters. The molecule has 0 aliphatic heterocycles. The molecule has 0 bridgehead atoms. The minimum absolute atomic E-state index is 0.162. The van der Waals surface area contributed by atoms with Crippen LogP contribution in [-0.4, -0.2) is 22.1 Å². The second-order valence-electron chi connectivity index (χ2n) is 3.48. The molecule has 84 valence electrons. The lowest BCUT2D eigenvalue weighted by Crippen LogP contribution is -2.01. The van der Waals surface area contributed by atoms with E-state index in [1.54, 1.807) is 18.7 Å². The van der Waals surface area contributed by atoms with Crippen LogP contribution in [-0.2, 0) is 0 Å². The van der Waals surface area contributed by atoms with Gasteiger partial charge in [-0.15, -0.1) is 11.8 Å². The zero-order chi connectivity index (χ0) is 11.4.